The summed E-state index contributed by atoms with van der Waals surface area (Å²) in [5.74, 6) is 0.913. The zero-order chi connectivity index (χ0) is 11.9. The lowest BCUT2D eigenvalue weighted by Gasteiger charge is -2.21. The quantitative estimate of drug-likeness (QED) is 0.426. The van der Waals surface area contributed by atoms with Gasteiger partial charge >= 0.3 is 0 Å². The number of nitrogens with zero attached hydrogens (tertiary/aromatic N) is 1. The van der Waals surface area contributed by atoms with Crippen LogP contribution in [0.2, 0.25) is 0 Å². The Morgan fingerprint density at radius 2 is 2.06 bits per heavy atom. The lowest BCUT2D eigenvalue weighted by molar-refractivity contribution is 0.350. The summed E-state index contributed by atoms with van der Waals surface area (Å²) in [6.07, 6.45) is 7.21. The van der Waals surface area contributed by atoms with Crippen molar-refractivity contribution in [3.63, 3.8) is 0 Å². The third-order valence-corrected chi connectivity index (χ3v) is 3.19. The first-order valence-corrected chi connectivity index (χ1v) is 6.33. The van der Waals surface area contributed by atoms with Gasteiger partial charge < -0.3 is 10.6 Å². The van der Waals surface area contributed by atoms with E-state index < -0.39 is 0 Å². The maximum absolute atomic E-state index is 4.65. The van der Waals surface area contributed by atoms with Crippen LogP contribution in [0.15, 0.2) is 17.6 Å². The molecule has 0 unspecified atom stereocenters. The maximum atomic E-state index is 4.65. The van der Waals surface area contributed by atoms with Gasteiger partial charge in [0.2, 0.25) is 0 Å². The van der Waals surface area contributed by atoms with Crippen molar-refractivity contribution in [2.45, 2.75) is 39.5 Å². The van der Waals surface area contributed by atoms with Crippen LogP contribution < -0.4 is 10.6 Å². The molecule has 0 aromatic rings. The van der Waals surface area contributed by atoms with Crippen molar-refractivity contribution in [3.05, 3.63) is 12.7 Å². The molecule has 1 fully saturated rings. The fourth-order valence-corrected chi connectivity index (χ4v) is 2.17. The second kappa shape index (κ2) is 6.56. The molecule has 0 atom stereocenters. The Morgan fingerprint density at radius 1 is 1.38 bits per heavy atom. The summed E-state index contributed by atoms with van der Waals surface area (Å²) in [4.78, 5) is 4.65. The zero-order valence-electron chi connectivity index (χ0n) is 10.7. The van der Waals surface area contributed by atoms with Crippen molar-refractivity contribution in [1.82, 2.24) is 10.6 Å². The SMILES string of the molecule is C=CCNC(=NCC1(C)CCCC1)NCC. The van der Waals surface area contributed by atoms with E-state index in [9.17, 15) is 0 Å². The summed E-state index contributed by atoms with van der Waals surface area (Å²) in [5, 5.41) is 6.48. The molecule has 1 aliphatic carbocycles. The molecule has 1 rings (SSSR count). The first-order valence-electron chi connectivity index (χ1n) is 6.33. The predicted molar refractivity (Wildman–Crippen MR) is 70.8 cm³/mol. The van der Waals surface area contributed by atoms with Crippen molar-refractivity contribution >= 4 is 5.96 Å². The van der Waals surface area contributed by atoms with Crippen LogP contribution in [0.25, 0.3) is 0 Å². The highest BCUT2D eigenvalue weighted by molar-refractivity contribution is 5.79. The number of rotatable bonds is 5. The van der Waals surface area contributed by atoms with Gasteiger partial charge in [0.05, 0.1) is 0 Å². The molecule has 0 bridgehead atoms. The van der Waals surface area contributed by atoms with Gasteiger partial charge in [0.1, 0.15) is 0 Å². The van der Waals surface area contributed by atoms with Crippen LogP contribution in [0.3, 0.4) is 0 Å². The molecular formula is C13H25N3. The molecule has 92 valence electrons. The molecule has 2 N–H and O–H groups in total. The Hall–Kier alpha value is -0.990. The van der Waals surface area contributed by atoms with Crippen LogP contribution in [-0.4, -0.2) is 25.6 Å². The first kappa shape index (κ1) is 13.1. The second-order valence-electron chi connectivity index (χ2n) is 4.88. The topological polar surface area (TPSA) is 36.4 Å². The third-order valence-electron chi connectivity index (χ3n) is 3.19. The Labute approximate surface area is 99.4 Å². The molecule has 0 radical (unpaired) electrons. The third kappa shape index (κ3) is 4.25. The highest BCUT2D eigenvalue weighted by Crippen LogP contribution is 2.37. The van der Waals surface area contributed by atoms with E-state index >= 15 is 0 Å². The van der Waals surface area contributed by atoms with Crippen molar-refractivity contribution < 1.29 is 0 Å². The van der Waals surface area contributed by atoms with Crippen LogP contribution in [-0.2, 0) is 0 Å². The van der Waals surface area contributed by atoms with E-state index in [2.05, 4.69) is 36.1 Å². The average molecular weight is 223 g/mol. The monoisotopic (exact) mass is 223 g/mol. The van der Waals surface area contributed by atoms with Gasteiger partial charge in [0, 0.05) is 19.6 Å². The fourth-order valence-electron chi connectivity index (χ4n) is 2.17. The van der Waals surface area contributed by atoms with Crippen LogP contribution in [0.5, 0.6) is 0 Å². The van der Waals surface area contributed by atoms with Crippen molar-refractivity contribution in [2.24, 2.45) is 10.4 Å². The lowest BCUT2D eigenvalue weighted by Crippen LogP contribution is -2.38. The van der Waals surface area contributed by atoms with Gasteiger partial charge in [-0.2, -0.15) is 0 Å². The Balaban J connectivity index is 2.45. The average Bonchev–Trinajstić information content (AvgIpc) is 2.70. The number of hydrogen-bond acceptors (Lipinski definition) is 1. The maximum Gasteiger partial charge on any atom is 0.191 e. The molecule has 1 aliphatic rings. The van der Waals surface area contributed by atoms with Crippen LogP contribution in [0, 0.1) is 5.41 Å². The van der Waals surface area contributed by atoms with Gasteiger partial charge in [-0.3, -0.25) is 4.99 Å². The van der Waals surface area contributed by atoms with Gasteiger partial charge in [-0.25, -0.2) is 0 Å². The molecule has 0 saturated heterocycles. The largest absolute Gasteiger partial charge is 0.357 e. The van der Waals surface area contributed by atoms with Crippen molar-refractivity contribution in [2.75, 3.05) is 19.6 Å². The molecule has 3 nitrogen and oxygen atoms in total. The van der Waals surface area contributed by atoms with E-state index in [0.717, 1.165) is 25.6 Å². The normalized spacial score (nSPS) is 19.5. The van der Waals surface area contributed by atoms with Gasteiger partial charge in [-0.05, 0) is 25.2 Å². The van der Waals surface area contributed by atoms with E-state index in [0.29, 0.717) is 5.41 Å². The molecule has 1 saturated carbocycles. The minimum Gasteiger partial charge on any atom is -0.357 e. The number of nitrogens with one attached hydrogen (secondary N) is 2. The Bertz CT molecular complexity index is 240. The van der Waals surface area contributed by atoms with E-state index in [1.165, 1.54) is 25.7 Å². The summed E-state index contributed by atoms with van der Waals surface area (Å²) in [6.45, 7) is 10.7. The van der Waals surface area contributed by atoms with Crippen LogP contribution in [0.4, 0.5) is 0 Å². The summed E-state index contributed by atoms with van der Waals surface area (Å²) < 4.78 is 0. The molecule has 0 aromatic heterocycles. The molecular weight excluding hydrogens is 198 g/mol. The van der Waals surface area contributed by atoms with Gasteiger partial charge in [0.15, 0.2) is 5.96 Å². The Kier molecular flexibility index (Phi) is 5.36. The minimum absolute atomic E-state index is 0.427. The van der Waals surface area contributed by atoms with Crippen LogP contribution in [0.1, 0.15) is 39.5 Å². The smallest absolute Gasteiger partial charge is 0.191 e. The van der Waals surface area contributed by atoms with E-state index in [4.69, 9.17) is 0 Å². The molecule has 0 spiro atoms. The second-order valence-corrected chi connectivity index (χ2v) is 4.88. The van der Waals surface area contributed by atoms with E-state index in [1.54, 1.807) is 0 Å². The van der Waals surface area contributed by atoms with Crippen molar-refractivity contribution in [3.8, 4) is 0 Å². The number of aliphatic imine (C=N–C) groups is 1. The van der Waals surface area contributed by atoms with E-state index in [1.807, 2.05) is 6.08 Å². The first-order chi connectivity index (χ1) is 7.70. The zero-order valence-corrected chi connectivity index (χ0v) is 10.7. The molecule has 3 heteroatoms. The predicted octanol–water partition coefficient (Wildman–Crippen LogP) is 2.31. The lowest BCUT2D eigenvalue weighted by atomic mass is 9.89. The Morgan fingerprint density at radius 3 is 2.62 bits per heavy atom. The van der Waals surface area contributed by atoms with Gasteiger partial charge in [0.25, 0.3) is 0 Å². The molecule has 0 heterocycles. The molecule has 0 amide bonds. The highest BCUT2D eigenvalue weighted by Gasteiger charge is 2.28. The summed E-state index contributed by atoms with van der Waals surface area (Å²) in [6, 6.07) is 0. The van der Waals surface area contributed by atoms with Gasteiger partial charge in [-0.15, -0.1) is 6.58 Å². The van der Waals surface area contributed by atoms with Gasteiger partial charge in [-0.1, -0.05) is 25.8 Å². The molecule has 16 heavy (non-hydrogen) atoms. The van der Waals surface area contributed by atoms with Crippen molar-refractivity contribution in [1.29, 1.82) is 0 Å². The summed E-state index contributed by atoms with van der Waals surface area (Å²) >= 11 is 0. The molecule has 0 aliphatic heterocycles. The standard InChI is InChI=1S/C13H25N3/c1-4-10-15-12(14-5-2)16-11-13(3)8-6-7-9-13/h4H,1,5-11H2,2-3H3,(H2,14,15,16). The minimum atomic E-state index is 0.427. The van der Waals surface area contributed by atoms with E-state index in [-0.39, 0.29) is 0 Å². The van der Waals surface area contributed by atoms with Crippen LogP contribution >= 0.6 is 0 Å². The fraction of sp³-hybridized carbons (Fsp3) is 0.769. The number of hydrogen-bond donors (Lipinski definition) is 2. The molecule has 0 aromatic carbocycles. The summed E-state index contributed by atoms with van der Waals surface area (Å²) in [7, 11) is 0. The summed E-state index contributed by atoms with van der Waals surface area (Å²) in [5.41, 5.74) is 0.427. The highest BCUT2D eigenvalue weighted by atomic mass is 15.2. The number of guanidine groups is 1.